The zero-order chi connectivity index (χ0) is 18.3. The minimum absolute atomic E-state index is 0.0147. The van der Waals surface area contributed by atoms with Gasteiger partial charge in [-0.15, -0.1) is 11.3 Å². The number of anilines is 1. The van der Waals surface area contributed by atoms with Crippen LogP contribution >= 0.6 is 11.3 Å². The van der Waals surface area contributed by atoms with E-state index in [1.54, 1.807) is 28.4 Å². The van der Waals surface area contributed by atoms with Crippen LogP contribution in [0.4, 0.5) is 5.82 Å². The van der Waals surface area contributed by atoms with E-state index in [2.05, 4.69) is 46.1 Å². The first kappa shape index (κ1) is 17.1. The first-order valence-electron chi connectivity index (χ1n) is 8.97. The third-order valence-electron chi connectivity index (χ3n) is 4.93. The number of hydrogen-bond acceptors (Lipinski definition) is 6. The number of piperidine rings is 1. The smallest absolute Gasteiger partial charge is 0.267 e. The predicted molar refractivity (Wildman–Crippen MR) is 105 cm³/mol. The van der Waals surface area contributed by atoms with E-state index >= 15 is 0 Å². The summed E-state index contributed by atoms with van der Waals surface area (Å²) in [4.78, 5) is 23.5. The molecule has 0 atom stereocenters. The number of aromatic nitrogens is 4. The Bertz CT molecular complexity index is 979. The summed E-state index contributed by atoms with van der Waals surface area (Å²) in [7, 11) is 0. The second-order valence-corrected chi connectivity index (χ2v) is 8.72. The van der Waals surface area contributed by atoms with E-state index in [0.717, 1.165) is 47.7 Å². The Morgan fingerprint density at radius 2 is 1.88 bits per heavy atom. The van der Waals surface area contributed by atoms with Crippen LogP contribution < -0.4 is 10.5 Å². The van der Waals surface area contributed by atoms with Crippen LogP contribution in [-0.2, 0) is 5.41 Å². The summed E-state index contributed by atoms with van der Waals surface area (Å²) in [5.41, 5.74) is 1.87. The van der Waals surface area contributed by atoms with Gasteiger partial charge in [-0.1, -0.05) is 20.8 Å². The lowest BCUT2D eigenvalue weighted by atomic mass is 9.92. The van der Waals surface area contributed by atoms with Crippen LogP contribution in [0.3, 0.4) is 0 Å². The molecule has 6 nitrogen and oxygen atoms in total. The molecule has 26 heavy (non-hydrogen) atoms. The molecule has 3 aromatic rings. The Morgan fingerprint density at radius 1 is 1.12 bits per heavy atom. The monoisotopic (exact) mass is 369 g/mol. The van der Waals surface area contributed by atoms with E-state index in [1.807, 2.05) is 12.1 Å². The van der Waals surface area contributed by atoms with Crippen molar-refractivity contribution in [1.29, 1.82) is 0 Å². The molecule has 0 aromatic carbocycles. The molecule has 0 N–H and O–H groups in total. The zero-order valence-corrected chi connectivity index (χ0v) is 16.2. The number of nitrogens with zero attached hydrogens (tertiary/aromatic N) is 5. The van der Waals surface area contributed by atoms with Crippen LogP contribution in [0.2, 0.25) is 0 Å². The highest BCUT2D eigenvalue weighted by atomic mass is 32.1. The minimum Gasteiger partial charge on any atom is -0.355 e. The van der Waals surface area contributed by atoms with E-state index in [1.165, 1.54) is 0 Å². The maximum Gasteiger partial charge on any atom is 0.267 e. The predicted octanol–water partition coefficient (Wildman–Crippen LogP) is 3.39. The summed E-state index contributed by atoms with van der Waals surface area (Å²) in [6.07, 6.45) is 3.41. The van der Waals surface area contributed by atoms with Gasteiger partial charge in [0.25, 0.3) is 5.56 Å². The summed E-state index contributed by atoms with van der Waals surface area (Å²) in [5.74, 6) is 1.01. The highest BCUT2D eigenvalue weighted by Gasteiger charge is 2.25. The Hall–Kier alpha value is -2.28. The summed E-state index contributed by atoms with van der Waals surface area (Å²) in [6.45, 7) is 8.08. The fourth-order valence-electron chi connectivity index (χ4n) is 3.41. The van der Waals surface area contributed by atoms with Crippen molar-refractivity contribution in [2.24, 2.45) is 0 Å². The number of rotatable bonds is 2. The van der Waals surface area contributed by atoms with E-state index in [4.69, 9.17) is 0 Å². The topological polar surface area (TPSA) is 63.9 Å². The highest BCUT2D eigenvalue weighted by Crippen LogP contribution is 2.31. The van der Waals surface area contributed by atoms with E-state index in [-0.39, 0.29) is 17.0 Å². The number of hydrogen-bond donors (Lipinski definition) is 0. The van der Waals surface area contributed by atoms with Crippen molar-refractivity contribution >= 4 is 27.4 Å². The molecular weight excluding hydrogens is 346 g/mol. The van der Waals surface area contributed by atoms with Crippen molar-refractivity contribution in [3.8, 4) is 0 Å². The van der Waals surface area contributed by atoms with Crippen LogP contribution in [0.15, 0.2) is 34.7 Å². The van der Waals surface area contributed by atoms with Gasteiger partial charge in [0.05, 0.1) is 22.0 Å². The normalized spacial score (nSPS) is 16.3. The SMILES string of the molecule is CC(C)(C)c1ccc(=O)n(C2CCN(c3ncnc4ccsc34)CC2)n1. The minimum atomic E-state index is -0.0676. The first-order chi connectivity index (χ1) is 12.4. The average molecular weight is 369 g/mol. The van der Waals surface area contributed by atoms with Crippen molar-refractivity contribution in [3.63, 3.8) is 0 Å². The quantitative estimate of drug-likeness (QED) is 0.693. The van der Waals surface area contributed by atoms with Crippen LogP contribution in [0, 0.1) is 0 Å². The second kappa shape index (κ2) is 6.46. The molecule has 0 bridgehead atoms. The molecule has 0 amide bonds. The van der Waals surface area contributed by atoms with Crippen LogP contribution in [-0.4, -0.2) is 32.8 Å². The van der Waals surface area contributed by atoms with Crippen molar-refractivity contribution < 1.29 is 0 Å². The molecule has 1 aliphatic heterocycles. The van der Waals surface area contributed by atoms with E-state index in [9.17, 15) is 4.79 Å². The Morgan fingerprint density at radius 3 is 2.62 bits per heavy atom. The van der Waals surface area contributed by atoms with E-state index in [0.29, 0.717) is 0 Å². The van der Waals surface area contributed by atoms with Gasteiger partial charge in [-0.05, 0) is 30.4 Å². The van der Waals surface area contributed by atoms with Gasteiger partial charge in [0.2, 0.25) is 0 Å². The Kier molecular flexibility index (Phi) is 4.26. The molecule has 3 aromatic heterocycles. The average Bonchev–Trinajstić information content (AvgIpc) is 3.10. The fraction of sp³-hybridized carbons (Fsp3) is 0.474. The van der Waals surface area contributed by atoms with Crippen molar-refractivity contribution in [3.05, 3.63) is 46.0 Å². The largest absolute Gasteiger partial charge is 0.355 e. The Balaban J connectivity index is 1.56. The van der Waals surface area contributed by atoms with Crippen molar-refractivity contribution in [2.75, 3.05) is 18.0 Å². The zero-order valence-electron chi connectivity index (χ0n) is 15.3. The molecule has 7 heteroatoms. The summed E-state index contributed by atoms with van der Waals surface area (Å²) in [5, 5.41) is 6.72. The van der Waals surface area contributed by atoms with Gasteiger partial charge >= 0.3 is 0 Å². The number of thiophene rings is 1. The van der Waals surface area contributed by atoms with Gasteiger partial charge < -0.3 is 4.90 Å². The molecule has 0 saturated carbocycles. The lowest BCUT2D eigenvalue weighted by Gasteiger charge is -2.33. The van der Waals surface area contributed by atoms with Crippen molar-refractivity contribution in [2.45, 2.75) is 45.1 Å². The van der Waals surface area contributed by atoms with Crippen LogP contribution in [0.1, 0.15) is 45.3 Å². The molecule has 0 unspecified atom stereocenters. The van der Waals surface area contributed by atoms with E-state index < -0.39 is 0 Å². The van der Waals surface area contributed by atoms with Gasteiger partial charge in [0.1, 0.15) is 12.1 Å². The second-order valence-electron chi connectivity index (χ2n) is 7.80. The molecule has 4 heterocycles. The summed E-state index contributed by atoms with van der Waals surface area (Å²) in [6, 6.07) is 5.67. The highest BCUT2D eigenvalue weighted by molar-refractivity contribution is 7.17. The molecule has 136 valence electrons. The van der Waals surface area contributed by atoms with Gasteiger partial charge in [-0.3, -0.25) is 4.79 Å². The maximum atomic E-state index is 12.4. The lowest BCUT2D eigenvalue weighted by molar-refractivity contribution is 0.343. The third kappa shape index (κ3) is 3.11. The molecule has 0 aliphatic carbocycles. The fourth-order valence-corrected chi connectivity index (χ4v) is 4.27. The lowest BCUT2D eigenvalue weighted by Crippen LogP contribution is -2.39. The molecule has 1 fully saturated rings. The van der Waals surface area contributed by atoms with Gasteiger partial charge in [-0.25, -0.2) is 14.6 Å². The molecule has 1 aliphatic rings. The van der Waals surface area contributed by atoms with Crippen LogP contribution in [0.25, 0.3) is 10.2 Å². The van der Waals surface area contributed by atoms with Gasteiger partial charge in [0, 0.05) is 24.6 Å². The van der Waals surface area contributed by atoms with Crippen LogP contribution in [0.5, 0.6) is 0 Å². The molecule has 0 spiro atoms. The first-order valence-corrected chi connectivity index (χ1v) is 9.85. The standard InChI is InChI=1S/C19H23N5OS/c1-19(2,3)15-4-5-16(25)24(22-15)13-6-9-23(10-7-13)18-17-14(8-11-26-17)20-12-21-18/h4-5,8,11-13H,6-7,9-10H2,1-3H3. The maximum absolute atomic E-state index is 12.4. The molecular formula is C19H23N5OS. The molecule has 4 rings (SSSR count). The molecule has 1 saturated heterocycles. The third-order valence-corrected chi connectivity index (χ3v) is 5.83. The van der Waals surface area contributed by atoms with Gasteiger partial charge in [-0.2, -0.15) is 5.10 Å². The number of fused-ring (bicyclic) bond motifs is 1. The Labute approximate surface area is 156 Å². The summed E-state index contributed by atoms with van der Waals surface area (Å²) >= 11 is 1.68. The summed E-state index contributed by atoms with van der Waals surface area (Å²) < 4.78 is 2.83. The van der Waals surface area contributed by atoms with Crippen molar-refractivity contribution in [1.82, 2.24) is 19.7 Å². The molecule has 0 radical (unpaired) electrons. The van der Waals surface area contributed by atoms with Gasteiger partial charge in [0.15, 0.2) is 0 Å².